The average molecular weight is 534 g/mol. The second-order valence-electron chi connectivity index (χ2n) is 9.39. The lowest BCUT2D eigenvalue weighted by Gasteiger charge is -2.34. The predicted octanol–water partition coefficient (Wildman–Crippen LogP) is 3.86. The minimum Gasteiger partial charge on any atom is -0.497 e. The van der Waals surface area contributed by atoms with Crippen LogP contribution >= 0.6 is 0 Å². The van der Waals surface area contributed by atoms with Crippen molar-refractivity contribution in [2.45, 2.75) is 64.1 Å². The lowest BCUT2D eigenvalue weighted by atomic mass is 9.95. The standard InChI is InChI=1S/C27H36FN3O5S/c1-4-25(27(33)29-22-10-6-5-7-11-22)30(18-20-13-15-24(36-2)16-14-20)26(32)19-31(37(3,34)35)23-12-8-9-21(28)17-23/h8-9,12-17,22,25H,4-7,10-11,18-19H2,1-3H3,(H,29,33)/t25-/m0/s1. The molecule has 2 aromatic carbocycles. The minimum absolute atomic E-state index is 0.0416. The van der Waals surface area contributed by atoms with Crippen LogP contribution in [0, 0.1) is 5.82 Å². The molecule has 8 nitrogen and oxygen atoms in total. The summed E-state index contributed by atoms with van der Waals surface area (Å²) in [6.45, 7) is 1.35. The number of sulfonamides is 1. The summed E-state index contributed by atoms with van der Waals surface area (Å²) in [5.41, 5.74) is 0.801. The summed E-state index contributed by atoms with van der Waals surface area (Å²) in [4.78, 5) is 28.5. The van der Waals surface area contributed by atoms with E-state index in [2.05, 4.69) is 5.32 Å². The van der Waals surface area contributed by atoms with Crippen molar-refractivity contribution in [3.05, 3.63) is 59.9 Å². The van der Waals surface area contributed by atoms with Crippen LogP contribution in [-0.4, -0.2) is 57.1 Å². The van der Waals surface area contributed by atoms with Crippen molar-refractivity contribution in [1.82, 2.24) is 10.2 Å². The van der Waals surface area contributed by atoms with Gasteiger partial charge in [-0.1, -0.05) is 44.4 Å². The number of halogens is 1. The van der Waals surface area contributed by atoms with Gasteiger partial charge in [-0.15, -0.1) is 0 Å². The molecule has 1 saturated carbocycles. The van der Waals surface area contributed by atoms with Crippen LogP contribution in [0.2, 0.25) is 0 Å². The zero-order valence-electron chi connectivity index (χ0n) is 21.7. The summed E-state index contributed by atoms with van der Waals surface area (Å²) in [5, 5.41) is 3.10. The lowest BCUT2D eigenvalue weighted by Crippen LogP contribution is -2.53. The molecule has 0 unspecified atom stereocenters. The van der Waals surface area contributed by atoms with Crippen LogP contribution in [0.15, 0.2) is 48.5 Å². The number of carbonyl (C=O) groups is 2. The summed E-state index contributed by atoms with van der Waals surface area (Å²) < 4.78 is 45.2. The Morgan fingerprint density at radius 1 is 1.11 bits per heavy atom. The van der Waals surface area contributed by atoms with Gasteiger partial charge in [-0.05, 0) is 55.2 Å². The number of nitrogens with one attached hydrogen (secondary N) is 1. The fraction of sp³-hybridized carbons (Fsp3) is 0.481. The number of ether oxygens (including phenoxy) is 1. The number of rotatable bonds is 11. The third-order valence-electron chi connectivity index (χ3n) is 6.62. The molecule has 0 heterocycles. The van der Waals surface area contributed by atoms with Crippen molar-refractivity contribution in [2.24, 2.45) is 0 Å². The topological polar surface area (TPSA) is 96.0 Å². The Bertz CT molecular complexity index is 1170. The van der Waals surface area contributed by atoms with Crippen molar-refractivity contribution in [1.29, 1.82) is 0 Å². The van der Waals surface area contributed by atoms with E-state index in [9.17, 15) is 22.4 Å². The van der Waals surface area contributed by atoms with Crippen LogP contribution in [0.3, 0.4) is 0 Å². The highest BCUT2D eigenvalue weighted by atomic mass is 32.2. The molecule has 2 aromatic rings. The molecule has 10 heteroatoms. The van der Waals surface area contributed by atoms with E-state index in [4.69, 9.17) is 4.74 Å². The van der Waals surface area contributed by atoms with E-state index in [1.165, 1.54) is 23.1 Å². The molecule has 37 heavy (non-hydrogen) atoms. The summed E-state index contributed by atoms with van der Waals surface area (Å²) >= 11 is 0. The number of benzene rings is 2. The van der Waals surface area contributed by atoms with Gasteiger partial charge in [0.2, 0.25) is 21.8 Å². The second-order valence-corrected chi connectivity index (χ2v) is 11.3. The van der Waals surface area contributed by atoms with Crippen LogP contribution in [0.25, 0.3) is 0 Å². The van der Waals surface area contributed by atoms with Gasteiger partial charge in [0.25, 0.3) is 0 Å². The number of hydrogen-bond acceptors (Lipinski definition) is 5. The molecule has 202 valence electrons. The van der Waals surface area contributed by atoms with Crippen LogP contribution in [0.5, 0.6) is 5.75 Å². The second kappa shape index (κ2) is 12.9. The molecule has 0 saturated heterocycles. The first-order valence-electron chi connectivity index (χ1n) is 12.6. The van der Waals surface area contributed by atoms with Gasteiger partial charge in [-0.3, -0.25) is 13.9 Å². The number of carbonyl (C=O) groups excluding carboxylic acids is 2. The van der Waals surface area contributed by atoms with Gasteiger partial charge in [0, 0.05) is 12.6 Å². The summed E-state index contributed by atoms with van der Waals surface area (Å²) in [6, 6.07) is 11.5. The van der Waals surface area contributed by atoms with Crippen LogP contribution in [0.4, 0.5) is 10.1 Å². The third-order valence-corrected chi connectivity index (χ3v) is 7.77. The number of nitrogens with zero attached hydrogens (tertiary/aromatic N) is 2. The fourth-order valence-corrected chi connectivity index (χ4v) is 5.48. The monoisotopic (exact) mass is 533 g/mol. The van der Waals surface area contributed by atoms with Crippen molar-refractivity contribution < 1.29 is 27.1 Å². The molecular formula is C27H36FN3O5S. The van der Waals surface area contributed by atoms with Gasteiger partial charge >= 0.3 is 0 Å². The van der Waals surface area contributed by atoms with Crippen molar-refractivity contribution in [3.63, 3.8) is 0 Å². The van der Waals surface area contributed by atoms with Crippen molar-refractivity contribution in [2.75, 3.05) is 24.2 Å². The molecule has 1 aliphatic carbocycles. The summed E-state index contributed by atoms with van der Waals surface area (Å²) in [5.74, 6) is -0.783. The van der Waals surface area contributed by atoms with Gasteiger partial charge in [-0.25, -0.2) is 12.8 Å². The van der Waals surface area contributed by atoms with E-state index >= 15 is 0 Å². The Morgan fingerprint density at radius 2 is 1.78 bits per heavy atom. The highest BCUT2D eigenvalue weighted by Gasteiger charge is 2.32. The van der Waals surface area contributed by atoms with E-state index in [1.807, 2.05) is 6.92 Å². The summed E-state index contributed by atoms with van der Waals surface area (Å²) in [6.07, 6.45) is 6.35. The third kappa shape index (κ3) is 7.92. The molecule has 0 aliphatic heterocycles. The molecule has 1 fully saturated rings. The largest absolute Gasteiger partial charge is 0.497 e. The van der Waals surface area contributed by atoms with Gasteiger partial charge < -0.3 is 15.0 Å². The fourth-order valence-electron chi connectivity index (χ4n) is 4.64. The van der Waals surface area contributed by atoms with Gasteiger partial charge in [-0.2, -0.15) is 0 Å². The molecule has 0 aromatic heterocycles. The quantitative estimate of drug-likeness (QED) is 0.473. The molecule has 2 amide bonds. The Hall–Kier alpha value is -3.14. The Labute approximate surface area is 218 Å². The smallest absolute Gasteiger partial charge is 0.244 e. The molecule has 1 aliphatic rings. The number of anilines is 1. The predicted molar refractivity (Wildman–Crippen MR) is 141 cm³/mol. The molecule has 1 N–H and O–H groups in total. The van der Waals surface area contributed by atoms with Crippen LogP contribution in [0.1, 0.15) is 51.0 Å². The van der Waals surface area contributed by atoms with Crippen molar-refractivity contribution >= 4 is 27.5 Å². The minimum atomic E-state index is -3.92. The summed E-state index contributed by atoms with van der Waals surface area (Å²) in [7, 11) is -2.36. The first kappa shape index (κ1) is 28.4. The van der Waals surface area contributed by atoms with Gasteiger partial charge in [0.1, 0.15) is 24.2 Å². The maximum atomic E-state index is 13.9. The molecule has 0 bridgehead atoms. The van der Waals surface area contributed by atoms with E-state index in [-0.39, 0.29) is 24.2 Å². The molecular weight excluding hydrogens is 497 g/mol. The maximum Gasteiger partial charge on any atom is 0.244 e. The number of amides is 2. The molecule has 1 atom stereocenters. The Morgan fingerprint density at radius 3 is 2.35 bits per heavy atom. The van der Waals surface area contributed by atoms with E-state index in [0.29, 0.717) is 12.2 Å². The van der Waals surface area contributed by atoms with Gasteiger partial charge in [0.05, 0.1) is 19.1 Å². The van der Waals surface area contributed by atoms with Crippen molar-refractivity contribution in [3.8, 4) is 5.75 Å². The van der Waals surface area contributed by atoms with E-state index in [1.54, 1.807) is 31.4 Å². The molecule has 3 rings (SSSR count). The highest BCUT2D eigenvalue weighted by Crippen LogP contribution is 2.22. The van der Waals surface area contributed by atoms with E-state index in [0.717, 1.165) is 54.3 Å². The first-order chi connectivity index (χ1) is 17.6. The van der Waals surface area contributed by atoms with E-state index < -0.39 is 34.3 Å². The lowest BCUT2D eigenvalue weighted by molar-refractivity contribution is -0.140. The Balaban J connectivity index is 1.91. The van der Waals surface area contributed by atoms with Crippen LogP contribution in [-0.2, 0) is 26.2 Å². The zero-order valence-corrected chi connectivity index (χ0v) is 22.5. The first-order valence-corrected chi connectivity index (χ1v) is 14.4. The molecule has 0 radical (unpaired) electrons. The molecule has 0 spiro atoms. The maximum absolute atomic E-state index is 13.9. The highest BCUT2D eigenvalue weighted by molar-refractivity contribution is 7.92. The number of methoxy groups -OCH3 is 1. The number of hydrogen-bond donors (Lipinski definition) is 1. The van der Waals surface area contributed by atoms with Crippen LogP contribution < -0.4 is 14.4 Å². The normalized spacial score (nSPS) is 15.0. The Kier molecular flexibility index (Phi) is 9.91. The zero-order chi connectivity index (χ0) is 27.0. The average Bonchev–Trinajstić information content (AvgIpc) is 2.87. The SMILES string of the molecule is CC[C@@H](C(=O)NC1CCCCC1)N(Cc1ccc(OC)cc1)C(=O)CN(c1cccc(F)c1)S(C)(=O)=O. The van der Waals surface area contributed by atoms with Gasteiger partial charge in [0.15, 0.2) is 0 Å².